The third kappa shape index (κ3) is 3.82. The van der Waals surface area contributed by atoms with Crippen LogP contribution in [-0.4, -0.2) is 16.2 Å². The van der Waals surface area contributed by atoms with Crippen LogP contribution in [0.5, 0.6) is 5.75 Å². The van der Waals surface area contributed by atoms with Crippen molar-refractivity contribution in [3.8, 4) is 5.75 Å². The fourth-order valence-corrected chi connectivity index (χ4v) is 1.84. The van der Waals surface area contributed by atoms with E-state index in [0.29, 0.717) is 11.7 Å². The number of hydrogen-bond donors (Lipinski definition) is 1. The molecule has 5 heteroatoms. The quantitative estimate of drug-likeness (QED) is 0.935. The monoisotopic (exact) mass is 289 g/mol. The topological polar surface area (TPSA) is 74.2 Å². The van der Waals surface area contributed by atoms with Crippen LogP contribution in [0.25, 0.3) is 0 Å². The Labute approximate surface area is 125 Å². The molecule has 0 amide bonds. The van der Waals surface area contributed by atoms with Gasteiger partial charge in [0.2, 0.25) is 5.89 Å². The molecule has 1 atom stereocenters. The molecule has 2 rings (SSSR count). The van der Waals surface area contributed by atoms with Crippen molar-refractivity contribution >= 4 is 0 Å². The lowest BCUT2D eigenvalue weighted by Crippen LogP contribution is -2.15. The van der Waals surface area contributed by atoms with Crippen molar-refractivity contribution in [3.63, 3.8) is 0 Å². The highest BCUT2D eigenvalue weighted by molar-refractivity contribution is 5.31. The van der Waals surface area contributed by atoms with Gasteiger partial charge in [-0.3, -0.25) is 0 Å². The van der Waals surface area contributed by atoms with Gasteiger partial charge in [-0.05, 0) is 31.5 Å². The smallest absolute Gasteiger partial charge is 0.232 e. The molecule has 21 heavy (non-hydrogen) atoms. The van der Waals surface area contributed by atoms with Crippen LogP contribution in [0.15, 0.2) is 28.8 Å². The van der Waals surface area contributed by atoms with Gasteiger partial charge in [0.25, 0.3) is 0 Å². The Bertz CT molecular complexity index is 582. The van der Waals surface area contributed by atoms with E-state index in [1.54, 1.807) is 0 Å². The summed E-state index contributed by atoms with van der Waals surface area (Å²) in [6, 6.07) is 7.25. The second kappa shape index (κ2) is 5.85. The number of rotatable bonds is 4. The zero-order chi connectivity index (χ0) is 15.6. The van der Waals surface area contributed by atoms with E-state index in [1.807, 2.05) is 58.9 Å². The highest BCUT2D eigenvalue weighted by Gasteiger charge is 2.24. The van der Waals surface area contributed by atoms with Gasteiger partial charge in [0.1, 0.15) is 5.75 Å². The van der Waals surface area contributed by atoms with Crippen molar-refractivity contribution in [3.05, 3.63) is 41.5 Å². The summed E-state index contributed by atoms with van der Waals surface area (Å²) in [5.41, 5.74) is 6.94. The Morgan fingerprint density at radius 3 is 2.24 bits per heavy atom. The second-order valence-electron chi connectivity index (χ2n) is 6.42. The maximum atomic E-state index is 6.20. The molecule has 114 valence electrons. The van der Waals surface area contributed by atoms with E-state index in [9.17, 15) is 0 Å². The molecule has 0 aliphatic rings. The zero-order valence-electron chi connectivity index (χ0n) is 13.3. The van der Waals surface area contributed by atoms with Crippen molar-refractivity contribution in [2.45, 2.75) is 52.2 Å². The molecular weight excluding hydrogens is 266 g/mol. The number of nitrogens with two attached hydrogens (primary N) is 1. The molecule has 1 unspecified atom stereocenters. The van der Waals surface area contributed by atoms with Crippen molar-refractivity contribution in [2.24, 2.45) is 5.73 Å². The maximum Gasteiger partial charge on any atom is 0.232 e. The summed E-state index contributed by atoms with van der Waals surface area (Å²) in [5, 5.41) is 3.99. The average Bonchev–Trinajstić information content (AvgIpc) is 2.87. The first-order valence-electron chi connectivity index (χ1n) is 7.13. The van der Waals surface area contributed by atoms with Gasteiger partial charge in [-0.1, -0.05) is 38.1 Å². The molecule has 0 fully saturated rings. The van der Waals surface area contributed by atoms with Crippen LogP contribution in [0.4, 0.5) is 0 Å². The van der Waals surface area contributed by atoms with Crippen molar-refractivity contribution in [1.82, 2.24) is 10.1 Å². The van der Waals surface area contributed by atoms with E-state index in [4.69, 9.17) is 15.0 Å². The van der Waals surface area contributed by atoms with Gasteiger partial charge >= 0.3 is 0 Å². The van der Waals surface area contributed by atoms with Crippen molar-refractivity contribution in [1.29, 1.82) is 0 Å². The highest BCUT2D eigenvalue weighted by atomic mass is 16.5. The van der Waals surface area contributed by atoms with Gasteiger partial charge < -0.3 is 15.0 Å². The van der Waals surface area contributed by atoms with Crippen molar-refractivity contribution < 1.29 is 9.26 Å². The van der Waals surface area contributed by atoms with Crippen LogP contribution >= 0.6 is 0 Å². The minimum absolute atomic E-state index is 0.149. The molecule has 2 N–H and O–H groups in total. The minimum Gasteiger partial charge on any atom is -0.491 e. The molecule has 1 heterocycles. The Balaban J connectivity index is 2.16. The van der Waals surface area contributed by atoms with Crippen LogP contribution in [0.2, 0.25) is 0 Å². The fraction of sp³-hybridized carbons (Fsp3) is 0.500. The number of benzene rings is 1. The molecule has 0 bridgehead atoms. The first kappa shape index (κ1) is 15.5. The third-order valence-electron chi connectivity index (χ3n) is 2.97. The molecule has 5 nitrogen and oxygen atoms in total. The molecule has 1 aromatic heterocycles. The van der Waals surface area contributed by atoms with E-state index in [2.05, 4.69) is 10.1 Å². The molecule has 0 aliphatic carbocycles. The summed E-state index contributed by atoms with van der Waals surface area (Å²) in [5.74, 6) is 1.91. The van der Waals surface area contributed by atoms with Crippen LogP contribution in [0.1, 0.15) is 57.9 Å². The Hall–Kier alpha value is -1.88. The summed E-state index contributed by atoms with van der Waals surface area (Å²) in [6.45, 7) is 10.1. The minimum atomic E-state index is -0.405. The summed E-state index contributed by atoms with van der Waals surface area (Å²) < 4.78 is 10.9. The van der Waals surface area contributed by atoms with Crippen LogP contribution in [0, 0.1) is 0 Å². The fourth-order valence-electron chi connectivity index (χ4n) is 1.84. The second-order valence-corrected chi connectivity index (χ2v) is 6.42. The number of hydrogen-bond acceptors (Lipinski definition) is 5. The van der Waals surface area contributed by atoms with E-state index >= 15 is 0 Å². The average molecular weight is 289 g/mol. The number of nitrogens with zero attached hydrogens (tertiary/aromatic N) is 2. The van der Waals surface area contributed by atoms with E-state index in [1.165, 1.54) is 0 Å². The van der Waals surface area contributed by atoms with E-state index in [-0.39, 0.29) is 11.5 Å². The summed E-state index contributed by atoms with van der Waals surface area (Å²) in [4.78, 5) is 4.39. The van der Waals surface area contributed by atoms with Crippen LogP contribution < -0.4 is 10.5 Å². The van der Waals surface area contributed by atoms with E-state index < -0.39 is 6.04 Å². The number of ether oxygens (including phenoxy) is 1. The maximum absolute atomic E-state index is 6.20. The third-order valence-corrected chi connectivity index (χ3v) is 2.97. The zero-order valence-corrected chi connectivity index (χ0v) is 13.3. The lowest BCUT2D eigenvalue weighted by Gasteiger charge is -2.12. The van der Waals surface area contributed by atoms with Crippen LogP contribution in [-0.2, 0) is 5.41 Å². The molecule has 2 aromatic rings. The van der Waals surface area contributed by atoms with Gasteiger partial charge in [-0.15, -0.1) is 0 Å². The predicted octanol–water partition coefficient (Wildman–Crippen LogP) is 3.20. The van der Waals surface area contributed by atoms with Crippen LogP contribution in [0.3, 0.4) is 0 Å². The molecule has 0 aliphatic heterocycles. The molecule has 0 radical (unpaired) electrons. The van der Waals surface area contributed by atoms with Gasteiger partial charge in [-0.25, -0.2) is 0 Å². The lowest BCUT2D eigenvalue weighted by molar-refractivity contribution is 0.242. The van der Waals surface area contributed by atoms with Gasteiger partial charge in [0.05, 0.1) is 12.1 Å². The Kier molecular flexibility index (Phi) is 4.32. The summed E-state index contributed by atoms with van der Waals surface area (Å²) in [6.07, 6.45) is 0.149. The first-order chi connectivity index (χ1) is 9.77. The number of aromatic nitrogens is 2. The van der Waals surface area contributed by atoms with Gasteiger partial charge in [0.15, 0.2) is 5.82 Å². The lowest BCUT2D eigenvalue weighted by atomic mass is 9.97. The summed E-state index contributed by atoms with van der Waals surface area (Å²) in [7, 11) is 0. The molecule has 0 saturated carbocycles. The first-order valence-corrected chi connectivity index (χ1v) is 7.13. The largest absolute Gasteiger partial charge is 0.491 e. The molecule has 0 spiro atoms. The van der Waals surface area contributed by atoms with Crippen molar-refractivity contribution in [2.75, 3.05) is 0 Å². The Morgan fingerprint density at radius 2 is 1.76 bits per heavy atom. The highest BCUT2D eigenvalue weighted by Crippen LogP contribution is 2.24. The molecule has 1 aromatic carbocycles. The molecule has 0 saturated heterocycles. The van der Waals surface area contributed by atoms with Gasteiger partial charge in [-0.2, -0.15) is 4.98 Å². The SMILES string of the molecule is CC(C)Oc1ccc(C(N)c2noc(C(C)(C)C)n2)cc1. The normalized spacial score (nSPS) is 13.5. The summed E-state index contributed by atoms with van der Waals surface area (Å²) >= 11 is 0. The molecular formula is C16H23N3O2. The van der Waals surface area contributed by atoms with E-state index in [0.717, 1.165) is 11.3 Å². The Morgan fingerprint density at radius 1 is 1.14 bits per heavy atom. The van der Waals surface area contributed by atoms with Gasteiger partial charge in [0, 0.05) is 5.41 Å². The standard InChI is InChI=1S/C16H23N3O2/c1-10(2)20-12-8-6-11(7-9-12)13(17)14-18-15(21-19-14)16(3,4)5/h6-10,13H,17H2,1-5H3. The predicted molar refractivity (Wildman–Crippen MR) is 81.2 cm³/mol.